The largest absolute Gasteiger partial charge is 0.381 e. The highest BCUT2D eigenvalue weighted by atomic mass is 127. The molecule has 1 fully saturated rings. The molecule has 2 rings (SSSR count). The van der Waals surface area contributed by atoms with Gasteiger partial charge in [0.1, 0.15) is 0 Å². The Hall–Kier alpha value is -0.820. The number of hydrogen-bond donors (Lipinski definition) is 1. The van der Waals surface area contributed by atoms with Gasteiger partial charge < -0.3 is 15.0 Å². The second kappa shape index (κ2) is 9.25. The van der Waals surface area contributed by atoms with Crippen LogP contribution in [0, 0.1) is 12.8 Å². The molecule has 0 spiro atoms. The standard InChI is InChI=1S/C16H25N3O.HI/c1-13-5-4-6-14(9-13)10-18-16(17-2)19(3)11-15-7-8-20-12-15;/h4-6,9,15H,7-8,10-12H2,1-3H3,(H,17,18);1H. The van der Waals surface area contributed by atoms with Crippen molar-refractivity contribution in [2.24, 2.45) is 10.9 Å². The number of rotatable bonds is 4. The molecule has 0 aliphatic carbocycles. The number of nitrogens with one attached hydrogen (secondary N) is 1. The summed E-state index contributed by atoms with van der Waals surface area (Å²) >= 11 is 0. The molecule has 0 amide bonds. The molecule has 0 radical (unpaired) electrons. The summed E-state index contributed by atoms with van der Waals surface area (Å²) in [6, 6.07) is 8.54. The van der Waals surface area contributed by atoms with E-state index in [9.17, 15) is 0 Å². The van der Waals surface area contributed by atoms with Crippen molar-refractivity contribution in [2.75, 3.05) is 33.9 Å². The highest BCUT2D eigenvalue weighted by Crippen LogP contribution is 2.13. The molecule has 118 valence electrons. The Morgan fingerprint density at radius 2 is 2.29 bits per heavy atom. The lowest BCUT2D eigenvalue weighted by atomic mass is 10.1. The average Bonchev–Trinajstić information content (AvgIpc) is 2.92. The van der Waals surface area contributed by atoms with Gasteiger partial charge in [-0.25, -0.2) is 0 Å². The number of hydrogen-bond acceptors (Lipinski definition) is 2. The Kier molecular flexibility index (Phi) is 8.03. The van der Waals surface area contributed by atoms with Crippen LogP contribution in [0.1, 0.15) is 17.5 Å². The van der Waals surface area contributed by atoms with E-state index in [2.05, 4.69) is 53.4 Å². The monoisotopic (exact) mass is 403 g/mol. The van der Waals surface area contributed by atoms with Gasteiger partial charge in [0.25, 0.3) is 0 Å². The maximum Gasteiger partial charge on any atom is 0.193 e. The number of guanidine groups is 1. The zero-order valence-electron chi connectivity index (χ0n) is 13.1. The van der Waals surface area contributed by atoms with E-state index >= 15 is 0 Å². The number of nitrogens with zero attached hydrogens (tertiary/aromatic N) is 2. The summed E-state index contributed by atoms with van der Waals surface area (Å²) in [5, 5.41) is 3.42. The predicted octanol–water partition coefficient (Wildman–Crippen LogP) is 2.66. The lowest BCUT2D eigenvalue weighted by Gasteiger charge is -2.24. The molecule has 4 nitrogen and oxygen atoms in total. The third-order valence-corrected chi connectivity index (χ3v) is 3.66. The van der Waals surface area contributed by atoms with E-state index in [1.807, 2.05) is 7.05 Å². The fourth-order valence-corrected chi connectivity index (χ4v) is 2.59. The van der Waals surface area contributed by atoms with E-state index in [-0.39, 0.29) is 24.0 Å². The summed E-state index contributed by atoms with van der Waals surface area (Å²) in [6.45, 7) is 5.69. The molecule has 5 heteroatoms. The van der Waals surface area contributed by atoms with Crippen LogP contribution in [0.3, 0.4) is 0 Å². The maximum absolute atomic E-state index is 5.43. The van der Waals surface area contributed by atoms with Crippen molar-refractivity contribution < 1.29 is 4.74 Å². The summed E-state index contributed by atoms with van der Waals surface area (Å²) in [7, 11) is 3.92. The van der Waals surface area contributed by atoms with E-state index in [0.29, 0.717) is 5.92 Å². The van der Waals surface area contributed by atoms with Gasteiger partial charge in [0, 0.05) is 39.7 Å². The highest BCUT2D eigenvalue weighted by molar-refractivity contribution is 14.0. The van der Waals surface area contributed by atoms with Crippen LogP contribution in [0.5, 0.6) is 0 Å². The Morgan fingerprint density at radius 1 is 1.48 bits per heavy atom. The molecular formula is C16H26IN3O. The van der Waals surface area contributed by atoms with Crippen molar-refractivity contribution in [3.05, 3.63) is 35.4 Å². The molecule has 1 heterocycles. The molecule has 1 aromatic carbocycles. The normalized spacial score (nSPS) is 18.2. The second-order valence-electron chi connectivity index (χ2n) is 5.50. The number of benzene rings is 1. The molecule has 0 bridgehead atoms. The average molecular weight is 403 g/mol. The molecule has 0 saturated carbocycles. The van der Waals surface area contributed by atoms with E-state index in [4.69, 9.17) is 4.74 Å². The molecule has 1 saturated heterocycles. The number of aliphatic imine (C=N–C) groups is 1. The molecule has 0 aromatic heterocycles. The van der Waals surface area contributed by atoms with E-state index < -0.39 is 0 Å². The summed E-state index contributed by atoms with van der Waals surface area (Å²) in [4.78, 5) is 6.55. The highest BCUT2D eigenvalue weighted by Gasteiger charge is 2.18. The smallest absolute Gasteiger partial charge is 0.193 e. The van der Waals surface area contributed by atoms with Gasteiger partial charge >= 0.3 is 0 Å². The number of aryl methyl sites for hydroxylation is 1. The number of ether oxygens (including phenoxy) is 1. The SMILES string of the molecule is CN=C(NCc1cccc(C)c1)N(C)CC1CCOC1.I. The first-order chi connectivity index (χ1) is 9.69. The predicted molar refractivity (Wildman–Crippen MR) is 98.3 cm³/mol. The van der Waals surface area contributed by atoms with Gasteiger partial charge in [0.2, 0.25) is 0 Å². The number of halogens is 1. The Labute approximate surface area is 145 Å². The fourth-order valence-electron chi connectivity index (χ4n) is 2.59. The van der Waals surface area contributed by atoms with E-state index in [1.54, 1.807) is 0 Å². The zero-order valence-corrected chi connectivity index (χ0v) is 15.5. The van der Waals surface area contributed by atoms with Crippen LogP contribution in [0.4, 0.5) is 0 Å². The molecule has 1 aromatic rings. The molecule has 1 aliphatic heterocycles. The zero-order chi connectivity index (χ0) is 14.4. The molecule has 1 unspecified atom stereocenters. The first kappa shape index (κ1) is 18.2. The Morgan fingerprint density at radius 3 is 2.90 bits per heavy atom. The lowest BCUT2D eigenvalue weighted by molar-refractivity contribution is 0.181. The fraction of sp³-hybridized carbons (Fsp3) is 0.562. The first-order valence-electron chi connectivity index (χ1n) is 7.24. The van der Waals surface area contributed by atoms with Crippen molar-refractivity contribution in [1.29, 1.82) is 0 Å². The van der Waals surface area contributed by atoms with Gasteiger partial charge in [-0.2, -0.15) is 0 Å². The van der Waals surface area contributed by atoms with Crippen molar-refractivity contribution in [3.8, 4) is 0 Å². The Bertz CT molecular complexity index is 459. The van der Waals surface area contributed by atoms with E-state index in [1.165, 1.54) is 11.1 Å². The molecule has 1 atom stereocenters. The van der Waals surface area contributed by atoms with Crippen LogP contribution < -0.4 is 5.32 Å². The maximum atomic E-state index is 5.43. The Balaban J connectivity index is 0.00000220. The van der Waals surface area contributed by atoms with Gasteiger partial charge in [0.05, 0.1) is 6.61 Å². The summed E-state index contributed by atoms with van der Waals surface area (Å²) in [5.74, 6) is 1.57. The minimum atomic E-state index is 0. The van der Waals surface area contributed by atoms with Crippen LogP contribution in [0.15, 0.2) is 29.3 Å². The summed E-state index contributed by atoms with van der Waals surface area (Å²) < 4.78 is 5.43. The van der Waals surface area contributed by atoms with Crippen LogP contribution in [-0.4, -0.2) is 44.7 Å². The minimum Gasteiger partial charge on any atom is -0.381 e. The van der Waals surface area contributed by atoms with Crippen LogP contribution in [0.2, 0.25) is 0 Å². The van der Waals surface area contributed by atoms with Crippen molar-refractivity contribution in [1.82, 2.24) is 10.2 Å². The van der Waals surface area contributed by atoms with Crippen LogP contribution in [0.25, 0.3) is 0 Å². The first-order valence-corrected chi connectivity index (χ1v) is 7.24. The minimum absolute atomic E-state index is 0. The van der Waals surface area contributed by atoms with Gasteiger partial charge in [-0.05, 0) is 18.9 Å². The van der Waals surface area contributed by atoms with Crippen molar-refractivity contribution in [2.45, 2.75) is 19.9 Å². The third-order valence-electron chi connectivity index (χ3n) is 3.66. The molecule has 1 aliphatic rings. The van der Waals surface area contributed by atoms with Gasteiger partial charge in [0.15, 0.2) is 5.96 Å². The van der Waals surface area contributed by atoms with Gasteiger partial charge in [-0.1, -0.05) is 29.8 Å². The summed E-state index contributed by atoms with van der Waals surface area (Å²) in [6.07, 6.45) is 1.15. The third kappa shape index (κ3) is 5.82. The van der Waals surface area contributed by atoms with Crippen molar-refractivity contribution >= 4 is 29.9 Å². The van der Waals surface area contributed by atoms with Gasteiger partial charge in [-0.3, -0.25) is 4.99 Å². The van der Waals surface area contributed by atoms with E-state index in [0.717, 1.165) is 38.7 Å². The lowest BCUT2D eigenvalue weighted by Crippen LogP contribution is -2.41. The molecule has 21 heavy (non-hydrogen) atoms. The van der Waals surface area contributed by atoms with Crippen LogP contribution >= 0.6 is 24.0 Å². The second-order valence-corrected chi connectivity index (χ2v) is 5.50. The topological polar surface area (TPSA) is 36.9 Å². The quantitative estimate of drug-likeness (QED) is 0.477. The van der Waals surface area contributed by atoms with Crippen LogP contribution in [-0.2, 0) is 11.3 Å². The summed E-state index contributed by atoms with van der Waals surface area (Å²) in [5.41, 5.74) is 2.57. The molecular weight excluding hydrogens is 377 g/mol. The van der Waals surface area contributed by atoms with Gasteiger partial charge in [-0.15, -0.1) is 24.0 Å². The molecule has 1 N–H and O–H groups in total. The van der Waals surface area contributed by atoms with Crippen molar-refractivity contribution in [3.63, 3.8) is 0 Å².